The Kier molecular flexibility index (Phi) is 6.09. The Morgan fingerprint density at radius 1 is 1.13 bits per heavy atom. The highest BCUT2D eigenvalue weighted by Crippen LogP contribution is 2.59. The van der Waals surface area contributed by atoms with Gasteiger partial charge in [0.25, 0.3) is 0 Å². The Hall–Kier alpha value is -1.64. The molecule has 0 N–H and O–H groups in total. The Morgan fingerprint density at radius 2 is 1.77 bits per heavy atom. The number of carbonyl (C=O) groups excluding carboxylic acids is 2. The van der Waals surface area contributed by atoms with Crippen LogP contribution in [0.4, 0.5) is 4.79 Å². The lowest BCUT2D eigenvalue weighted by Gasteiger charge is -2.43. The normalized spacial score (nSPS) is 39.3. The number of methoxy groups -OCH3 is 1. The largest absolute Gasteiger partial charge is 0.443 e. The molecule has 1 spiro atoms. The van der Waals surface area contributed by atoms with Crippen LogP contribution in [0, 0.1) is 5.92 Å². The summed E-state index contributed by atoms with van der Waals surface area (Å²) in [6.45, 7) is 10.7. The molecule has 6 atom stereocenters. The molecule has 4 aliphatic rings. The monoisotopic (exact) mass is 436 g/mol. The molecule has 0 aromatic carbocycles. The van der Waals surface area contributed by atoms with Crippen molar-refractivity contribution in [3.63, 3.8) is 0 Å². The molecule has 3 heterocycles. The molecule has 0 radical (unpaired) electrons. The van der Waals surface area contributed by atoms with Gasteiger partial charge in [-0.15, -0.1) is 0 Å². The Bertz CT molecular complexity index is 738. The van der Waals surface area contributed by atoms with Crippen LogP contribution in [0.3, 0.4) is 0 Å². The minimum absolute atomic E-state index is 0.0154. The van der Waals surface area contributed by atoms with Crippen molar-refractivity contribution in [2.75, 3.05) is 39.9 Å². The number of amides is 2. The van der Waals surface area contributed by atoms with Crippen molar-refractivity contribution in [1.29, 1.82) is 0 Å². The first kappa shape index (κ1) is 22.6. The van der Waals surface area contributed by atoms with Gasteiger partial charge in [0.1, 0.15) is 23.4 Å². The van der Waals surface area contributed by atoms with E-state index >= 15 is 0 Å². The molecule has 31 heavy (non-hydrogen) atoms. The third-order valence-electron chi connectivity index (χ3n) is 7.47. The summed E-state index contributed by atoms with van der Waals surface area (Å²) in [6.07, 6.45) is 3.80. The second kappa shape index (κ2) is 8.37. The third kappa shape index (κ3) is 4.34. The van der Waals surface area contributed by atoms with E-state index < -0.39 is 0 Å². The summed E-state index contributed by atoms with van der Waals surface area (Å²) in [4.78, 5) is 27.8. The van der Waals surface area contributed by atoms with Crippen molar-refractivity contribution in [3.8, 4) is 0 Å². The van der Waals surface area contributed by atoms with Gasteiger partial charge in [-0.05, 0) is 40.0 Å². The summed E-state index contributed by atoms with van der Waals surface area (Å²) >= 11 is 0. The van der Waals surface area contributed by atoms with Gasteiger partial charge < -0.3 is 28.7 Å². The Labute approximate surface area is 184 Å². The van der Waals surface area contributed by atoms with Crippen LogP contribution < -0.4 is 0 Å². The highest BCUT2D eigenvalue weighted by Gasteiger charge is 2.72. The predicted molar refractivity (Wildman–Crippen MR) is 114 cm³/mol. The first-order valence-electron chi connectivity index (χ1n) is 11.4. The van der Waals surface area contributed by atoms with Crippen molar-refractivity contribution in [1.82, 2.24) is 9.80 Å². The van der Waals surface area contributed by atoms with E-state index in [9.17, 15) is 9.59 Å². The number of nitrogens with zero attached hydrogens (tertiary/aromatic N) is 2. The van der Waals surface area contributed by atoms with Crippen LogP contribution >= 0.6 is 0 Å². The number of piperazine rings is 1. The van der Waals surface area contributed by atoms with E-state index in [1.807, 2.05) is 0 Å². The molecule has 1 saturated carbocycles. The van der Waals surface area contributed by atoms with Gasteiger partial charge in [-0.3, -0.25) is 4.79 Å². The molecule has 3 saturated heterocycles. The van der Waals surface area contributed by atoms with Crippen LogP contribution in [0.25, 0.3) is 0 Å². The summed E-state index contributed by atoms with van der Waals surface area (Å²) < 4.78 is 24.1. The van der Waals surface area contributed by atoms with Crippen LogP contribution in [0.5, 0.6) is 0 Å². The lowest BCUT2D eigenvalue weighted by molar-refractivity contribution is -0.131. The number of ether oxygens (including phenoxy) is 4. The summed E-state index contributed by atoms with van der Waals surface area (Å²) in [5.41, 5.74) is 0.700. The average Bonchev–Trinajstić information content (AvgIpc) is 3.65. The van der Waals surface area contributed by atoms with Gasteiger partial charge >= 0.3 is 6.09 Å². The summed E-state index contributed by atoms with van der Waals surface area (Å²) in [6, 6.07) is 0. The molecule has 2 amide bonds. The van der Waals surface area contributed by atoms with Gasteiger partial charge in [-0.1, -0.05) is 11.6 Å². The van der Waals surface area contributed by atoms with Crippen molar-refractivity contribution in [2.45, 2.75) is 76.5 Å². The number of hydrogen-bond acceptors (Lipinski definition) is 6. The molecule has 0 unspecified atom stereocenters. The number of hydrogen-bond donors (Lipinski definition) is 0. The van der Waals surface area contributed by atoms with Crippen molar-refractivity contribution in [3.05, 3.63) is 11.6 Å². The lowest BCUT2D eigenvalue weighted by atomic mass is 9.68. The SMILES string of the molecule is CO[C@@H]1[C@H](OC(=O)N2CCN(C(C)=O)CC2)CC[C@]2(CO2)[C@H]1[C@@]1(C)O[C@@H]1CC=C(C)C. The molecule has 4 fully saturated rings. The molecule has 0 aromatic rings. The zero-order valence-electron chi connectivity index (χ0n) is 19.4. The van der Waals surface area contributed by atoms with Crippen LogP contribution in [-0.2, 0) is 23.7 Å². The predicted octanol–water partition coefficient (Wildman–Crippen LogP) is 2.36. The minimum atomic E-state index is -0.346. The summed E-state index contributed by atoms with van der Waals surface area (Å²) in [5, 5.41) is 0. The molecule has 4 rings (SSSR count). The van der Waals surface area contributed by atoms with Crippen LogP contribution in [0.2, 0.25) is 0 Å². The van der Waals surface area contributed by atoms with E-state index in [4.69, 9.17) is 18.9 Å². The van der Waals surface area contributed by atoms with E-state index in [0.717, 1.165) is 12.8 Å². The number of carbonyl (C=O) groups is 2. The summed E-state index contributed by atoms with van der Waals surface area (Å²) in [7, 11) is 1.68. The highest BCUT2D eigenvalue weighted by atomic mass is 16.6. The van der Waals surface area contributed by atoms with Crippen molar-refractivity contribution in [2.24, 2.45) is 5.92 Å². The first-order valence-corrected chi connectivity index (χ1v) is 11.4. The lowest BCUT2D eigenvalue weighted by Crippen LogP contribution is -2.57. The summed E-state index contributed by atoms with van der Waals surface area (Å²) in [5.74, 6) is 0.0549. The van der Waals surface area contributed by atoms with Gasteiger partial charge in [0.2, 0.25) is 5.91 Å². The molecule has 0 aromatic heterocycles. The molecule has 3 aliphatic heterocycles. The standard InChI is InChI=1S/C23H36N2O6/c1-15(2)6-7-18-22(4,31-18)20-19(28-5)17(8-9-23(20)14-29-23)30-21(27)25-12-10-24(11-13-25)16(3)26/h6,17-20H,7-14H2,1-5H3/t17-,18-,19-,20-,22+,23+/m1/s1. The van der Waals surface area contributed by atoms with Gasteiger partial charge in [0.15, 0.2) is 0 Å². The second-order valence-corrected chi connectivity index (χ2v) is 9.79. The van der Waals surface area contributed by atoms with Gasteiger partial charge in [-0.2, -0.15) is 0 Å². The van der Waals surface area contributed by atoms with Crippen molar-refractivity contribution >= 4 is 12.0 Å². The van der Waals surface area contributed by atoms with E-state index in [2.05, 4.69) is 26.8 Å². The number of rotatable bonds is 5. The van der Waals surface area contributed by atoms with Gasteiger partial charge in [-0.25, -0.2) is 4.79 Å². The molecule has 8 nitrogen and oxygen atoms in total. The van der Waals surface area contributed by atoms with Crippen LogP contribution in [-0.4, -0.2) is 91.2 Å². The number of epoxide rings is 2. The van der Waals surface area contributed by atoms with E-state index in [-0.39, 0.29) is 47.4 Å². The topological polar surface area (TPSA) is 84.1 Å². The van der Waals surface area contributed by atoms with Crippen LogP contribution in [0.1, 0.15) is 47.0 Å². The fourth-order valence-corrected chi connectivity index (χ4v) is 5.48. The van der Waals surface area contributed by atoms with Gasteiger partial charge in [0, 0.05) is 40.2 Å². The zero-order chi connectivity index (χ0) is 22.4. The van der Waals surface area contributed by atoms with Gasteiger partial charge in [0.05, 0.1) is 18.6 Å². The molecule has 174 valence electrons. The Balaban J connectivity index is 1.42. The fraction of sp³-hybridized carbons (Fsp3) is 0.826. The minimum Gasteiger partial charge on any atom is -0.443 e. The highest BCUT2D eigenvalue weighted by molar-refractivity contribution is 5.74. The molecule has 0 bridgehead atoms. The maximum atomic E-state index is 12.9. The molecule has 1 aliphatic carbocycles. The quantitative estimate of drug-likeness (QED) is 0.486. The zero-order valence-corrected chi connectivity index (χ0v) is 19.4. The van der Waals surface area contributed by atoms with E-state index in [1.165, 1.54) is 5.57 Å². The number of allylic oxidation sites excluding steroid dienone is 1. The maximum absolute atomic E-state index is 12.9. The molecule has 8 heteroatoms. The third-order valence-corrected chi connectivity index (χ3v) is 7.47. The Morgan fingerprint density at radius 3 is 2.32 bits per heavy atom. The maximum Gasteiger partial charge on any atom is 0.410 e. The second-order valence-electron chi connectivity index (χ2n) is 9.79. The first-order chi connectivity index (χ1) is 14.7. The van der Waals surface area contributed by atoms with Crippen LogP contribution in [0.15, 0.2) is 11.6 Å². The fourth-order valence-electron chi connectivity index (χ4n) is 5.48. The molecular formula is C23H36N2O6. The smallest absolute Gasteiger partial charge is 0.410 e. The average molecular weight is 437 g/mol. The van der Waals surface area contributed by atoms with E-state index in [1.54, 1.807) is 23.8 Å². The van der Waals surface area contributed by atoms with E-state index in [0.29, 0.717) is 39.2 Å². The van der Waals surface area contributed by atoms with Crippen molar-refractivity contribution < 1.29 is 28.5 Å². The molecular weight excluding hydrogens is 400 g/mol.